The number of aromatic nitrogens is 2. The number of hydrogen-bond acceptors (Lipinski definition) is 6. The van der Waals surface area contributed by atoms with E-state index in [0.717, 1.165) is 18.9 Å². The van der Waals surface area contributed by atoms with E-state index in [-0.39, 0.29) is 42.3 Å². The highest BCUT2D eigenvalue weighted by molar-refractivity contribution is 6.30. The number of allylic oxidation sites excluding steroid dienone is 1. The molecule has 0 aliphatic heterocycles. The van der Waals surface area contributed by atoms with Gasteiger partial charge in [0.1, 0.15) is 18.3 Å². The Bertz CT molecular complexity index is 1140. The molecule has 0 bridgehead atoms. The molecule has 1 unspecified atom stereocenters. The molecule has 0 radical (unpaired) electrons. The molecule has 0 spiro atoms. The minimum absolute atomic E-state index is 0.0426. The summed E-state index contributed by atoms with van der Waals surface area (Å²) in [6.45, 7) is 3.64. The number of nitrogens with zero attached hydrogens (tertiary/aromatic N) is 4. The van der Waals surface area contributed by atoms with Gasteiger partial charge in [0.15, 0.2) is 0 Å². The minimum Gasteiger partial charge on any atom is -0.325 e. The van der Waals surface area contributed by atoms with Crippen LogP contribution in [0, 0.1) is 5.82 Å². The van der Waals surface area contributed by atoms with Crippen molar-refractivity contribution >= 4 is 35.7 Å². The standard InChI is InChI=1S/C24H28ClF2N5O3/c1-3-4-7-29-32(14-17(2)16-33)15-19(26)5-8-31-9-6-20(11-24(31)35)30-23(34)12-22-21(27)10-18(25)13-28-22/h6-7,9-11,13-14,16,19H,3-5,8,12,15H2,1-2H3,(H,30,34)/b17-14+,29-7+. The van der Waals surface area contributed by atoms with Gasteiger partial charge in [-0.05, 0) is 31.9 Å². The van der Waals surface area contributed by atoms with E-state index in [0.29, 0.717) is 11.9 Å². The highest BCUT2D eigenvalue weighted by Crippen LogP contribution is 2.13. The molecule has 0 aromatic carbocycles. The first-order valence-corrected chi connectivity index (χ1v) is 11.5. The summed E-state index contributed by atoms with van der Waals surface area (Å²) >= 11 is 5.65. The number of pyridine rings is 2. The highest BCUT2D eigenvalue weighted by atomic mass is 35.5. The van der Waals surface area contributed by atoms with Crippen LogP contribution in [0.2, 0.25) is 5.02 Å². The number of unbranched alkanes of at least 4 members (excludes halogenated alkanes) is 1. The summed E-state index contributed by atoms with van der Waals surface area (Å²) in [5.74, 6) is -1.25. The molecule has 0 aliphatic rings. The third-order valence-corrected chi connectivity index (χ3v) is 4.95. The minimum atomic E-state index is -1.31. The second kappa shape index (κ2) is 14.1. The van der Waals surface area contributed by atoms with E-state index in [2.05, 4.69) is 15.4 Å². The molecule has 1 amide bonds. The number of nitrogens with one attached hydrogen (secondary N) is 1. The van der Waals surface area contributed by atoms with Gasteiger partial charge in [0.05, 0.1) is 23.7 Å². The number of rotatable bonds is 13. The fraction of sp³-hybridized carbons (Fsp3) is 0.375. The normalized spacial score (nSPS) is 12.5. The van der Waals surface area contributed by atoms with Gasteiger partial charge < -0.3 is 9.88 Å². The van der Waals surface area contributed by atoms with Crippen molar-refractivity contribution in [3.8, 4) is 0 Å². The zero-order valence-electron chi connectivity index (χ0n) is 19.6. The maximum absolute atomic E-state index is 14.6. The number of halogens is 3. The fourth-order valence-electron chi connectivity index (χ4n) is 2.96. The molecule has 11 heteroatoms. The molecule has 1 N–H and O–H groups in total. The predicted molar refractivity (Wildman–Crippen MR) is 132 cm³/mol. The molecular weight excluding hydrogens is 480 g/mol. The number of aldehydes is 1. The zero-order valence-corrected chi connectivity index (χ0v) is 20.3. The van der Waals surface area contributed by atoms with Crippen LogP contribution in [-0.4, -0.2) is 45.7 Å². The molecule has 0 saturated carbocycles. The van der Waals surface area contributed by atoms with Crippen molar-refractivity contribution in [1.29, 1.82) is 0 Å². The Balaban J connectivity index is 1.94. The van der Waals surface area contributed by atoms with Crippen molar-refractivity contribution in [2.24, 2.45) is 5.10 Å². The maximum atomic E-state index is 14.6. The van der Waals surface area contributed by atoms with Crippen molar-refractivity contribution in [2.45, 2.75) is 52.2 Å². The molecule has 2 rings (SSSR count). The number of carbonyl (C=O) groups is 2. The Morgan fingerprint density at radius 1 is 1.40 bits per heavy atom. The van der Waals surface area contributed by atoms with Crippen molar-refractivity contribution in [2.75, 3.05) is 11.9 Å². The summed E-state index contributed by atoms with van der Waals surface area (Å²) in [6, 6.07) is 3.76. The van der Waals surface area contributed by atoms with Gasteiger partial charge in [-0.15, -0.1) is 0 Å². The molecule has 0 saturated heterocycles. The van der Waals surface area contributed by atoms with Crippen LogP contribution in [0.1, 0.15) is 38.8 Å². The summed E-state index contributed by atoms with van der Waals surface area (Å²) in [6.07, 6.45) is 6.51. The predicted octanol–water partition coefficient (Wildman–Crippen LogP) is 4.14. The monoisotopic (exact) mass is 507 g/mol. The third-order valence-electron chi connectivity index (χ3n) is 4.75. The lowest BCUT2D eigenvalue weighted by Crippen LogP contribution is -2.26. The van der Waals surface area contributed by atoms with Crippen LogP contribution in [0.5, 0.6) is 0 Å². The van der Waals surface area contributed by atoms with Gasteiger partial charge in [0.2, 0.25) is 5.91 Å². The van der Waals surface area contributed by atoms with Crippen molar-refractivity contribution in [3.63, 3.8) is 0 Å². The van der Waals surface area contributed by atoms with Gasteiger partial charge in [-0.1, -0.05) is 24.9 Å². The molecule has 2 aromatic heterocycles. The zero-order chi connectivity index (χ0) is 25.8. The van der Waals surface area contributed by atoms with Gasteiger partial charge in [-0.3, -0.25) is 24.4 Å². The lowest BCUT2D eigenvalue weighted by atomic mass is 10.2. The van der Waals surface area contributed by atoms with Gasteiger partial charge in [-0.2, -0.15) is 5.10 Å². The average Bonchev–Trinajstić information content (AvgIpc) is 2.80. The topological polar surface area (TPSA) is 96.7 Å². The summed E-state index contributed by atoms with van der Waals surface area (Å²) in [7, 11) is 0. The van der Waals surface area contributed by atoms with E-state index in [1.807, 2.05) is 6.92 Å². The number of alkyl halides is 1. The fourth-order valence-corrected chi connectivity index (χ4v) is 3.11. The van der Waals surface area contributed by atoms with Crippen LogP contribution in [0.3, 0.4) is 0 Å². The Hall–Kier alpha value is -3.40. The lowest BCUT2D eigenvalue weighted by Gasteiger charge is -2.18. The van der Waals surface area contributed by atoms with E-state index in [1.54, 1.807) is 13.1 Å². The summed E-state index contributed by atoms with van der Waals surface area (Å²) in [4.78, 5) is 39.2. The second-order valence-corrected chi connectivity index (χ2v) is 8.28. The summed E-state index contributed by atoms with van der Waals surface area (Å²) in [5.41, 5.74) is 0.142. The van der Waals surface area contributed by atoms with Gasteiger partial charge in [-0.25, -0.2) is 8.78 Å². The summed E-state index contributed by atoms with van der Waals surface area (Å²) in [5, 5.41) is 8.20. The molecule has 2 aromatic rings. The largest absolute Gasteiger partial charge is 0.325 e. The number of hydrogen-bond donors (Lipinski definition) is 1. The molecule has 1 atom stereocenters. The molecule has 35 heavy (non-hydrogen) atoms. The van der Waals surface area contributed by atoms with Gasteiger partial charge >= 0.3 is 0 Å². The first-order chi connectivity index (χ1) is 16.7. The number of carbonyl (C=O) groups excluding carboxylic acids is 2. The van der Waals surface area contributed by atoms with Crippen LogP contribution in [0.15, 0.2) is 52.3 Å². The molecule has 0 aliphatic carbocycles. The molecule has 188 valence electrons. The average molecular weight is 508 g/mol. The smallest absolute Gasteiger partial charge is 0.252 e. The Kier molecular flexibility index (Phi) is 11.2. The SMILES string of the molecule is CCC/C=N/N(/C=C(\C)C=O)CC(F)CCn1ccc(NC(=O)Cc2ncc(Cl)cc2F)cc1=O. The van der Waals surface area contributed by atoms with E-state index < -0.39 is 23.5 Å². The van der Waals surface area contributed by atoms with Gasteiger partial charge in [0.25, 0.3) is 5.56 Å². The lowest BCUT2D eigenvalue weighted by molar-refractivity contribution is -0.115. The molecular formula is C24H28ClF2N5O3. The number of aryl methyl sites for hydroxylation is 1. The van der Waals surface area contributed by atoms with Crippen LogP contribution >= 0.6 is 11.6 Å². The molecule has 0 fully saturated rings. The van der Waals surface area contributed by atoms with E-state index in [1.165, 1.54) is 40.3 Å². The van der Waals surface area contributed by atoms with E-state index in [9.17, 15) is 23.2 Å². The van der Waals surface area contributed by atoms with Crippen molar-refractivity contribution < 1.29 is 18.4 Å². The number of anilines is 1. The van der Waals surface area contributed by atoms with Crippen LogP contribution in [0.4, 0.5) is 14.5 Å². The second-order valence-electron chi connectivity index (χ2n) is 7.84. The van der Waals surface area contributed by atoms with Crippen molar-refractivity contribution in [3.05, 3.63) is 69.3 Å². The quantitative estimate of drug-likeness (QED) is 0.190. The Morgan fingerprint density at radius 2 is 2.17 bits per heavy atom. The first kappa shape index (κ1) is 27.8. The third kappa shape index (κ3) is 9.78. The van der Waals surface area contributed by atoms with Crippen LogP contribution < -0.4 is 10.9 Å². The van der Waals surface area contributed by atoms with Crippen LogP contribution in [0.25, 0.3) is 0 Å². The van der Waals surface area contributed by atoms with Gasteiger partial charge in [0, 0.05) is 48.7 Å². The van der Waals surface area contributed by atoms with Crippen molar-refractivity contribution in [1.82, 2.24) is 14.6 Å². The number of amides is 1. The maximum Gasteiger partial charge on any atom is 0.252 e. The first-order valence-electron chi connectivity index (χ1n) is 11.1. The highest BCUT2D eigenvalue weighted by Gasteiger charge is 2.13. The van der Waals surface area contributed by atoms with E-state index in [4.69, 9.17) is 11.6 Å². The molecule has 2 heterocycles. The van der Waals surface area contributed by atoms with E-state index >= 15 is 0 Å². The van der Waals surface area contributed by atoms with Crippen LogP contribution in [-0.2, 0) is 22.6 Å². The number of hydrazone groups is 1. The molecule has 8 nitrogen and oxygen atoms in total. The Morgan fingerprint density at radius 3 is 2.83 bits per heavy atom. The Labute approximate surface area is 207 Å². The summed E-state index contributed by atoms with van der Waals surface area (Å²) < 4.78 is 29.7.